The van der Waals surface area contributed by atoms with Crippen LogP contribution in [0.1, 0.15) is 12.3 Å². The van der Waals surface area contributed by atoms with E-state index in [2.05, 4.69) is 15.5 Å². The summed E-state index contributed by atoms with van der Waals surface area (Å²) in [5, 5.41) is 18.6. The average molecular weight is 284 g/mol. The highest BCUT2D eigenvalue weighted by atomic mass is 16.5. The normalized spacial score (nSPS) is 19.8. The van der Waals surface area contributed by atoms with Gasteiger partial charge in [0, 0.05) is 19.5 Å². The second-order valence-electron chi connectivity index (χ2n) is 4.47. The van der Waals surface area contributed by atoms with E-state index in [0.29, 0.717) is 25.6 Å². The highest BCUT2D eigenvalue weighted by molar-refractivity contribution is 5.90. The van der Waals surface area contributed by atoms with Crippen molar-refractivity contribution in [3.05, 3.63) is 5.89 Å². The lowest BCUT2D eigenvalue weighted by atomic mass is 10.1. The van der Waals surface area contributed by atoms with Crippen molar-refractivity contribution in [2.75, 3.05) is 31.6 Å². The lowest BCUT2D eigenvalue weighted by molar-refractivity contribution is -0.141. The van der Waals surface area contributed by atoms with Gasteiger partial charge in [0.2, 0.25) is 11.8 Å². The van der Waals surface area contributed by atoms with E-state index in [1.807, 2.05) is 0 Å². The quantitative estimate of drug-likeness (QED) is 0.742. The van der Waals surface area contributed by atoms with Crippen LogP contribution in [0.4, 0.5) is 6.01 Å². The molecule has 110 valence electrons. The van der Waals surface area contributed by atoms with Gasteiger partial charge in [0.25, 0.3) is 0 Å². The zero-order chi connectivity index (χ0) is 14.5. The number of hydrogen-bond donors (Lipinski definition) is 2. The molecule has 9 nitrogen and oxygen atoms in total. The summed E-state index contributed by atoms with van der Waals surface area (Å²) in [6, 6.07) is -0.271. The lowest BCUT2D eigenvalue weighted by Gasteiger charge is -2.33. The van der Waals surface area contributed by atoms with Gasteiger partial charge in [-0.05, 0) is 0 Å². The van der Waals surface area contributed by atoms with Crippen LogP contribution in [0, 0.1) is 6.92 Å². The molecule has 0 saturated carbocycles. The first kappa shape index (κ1) is 14.4. The summed E-state index contributed by atoms with van der Waals surface area (Å²) in [5.74, 6) is -0.889. The van der Waals surface area contributed by atoms with Crippen LogP contribution >= 0.6 is 0 Å². The number of ether oxygens (including phenoxy) is 1. The maximum absolute atomic E-state index is 11.9. The molecule has 2 heterocycles. The summed E-state index contributed by atoms with van der Waals surface area (Å²) in [4.78, 5) is 24.4. The van der Waals surface area contributed by atoms with Gasteiger partial charge >= 0.3 is 12.0 Å². The van der Waals surface area contributed by atoms with Crippen LogP contribution in [0.25, 0.3) is 0 Å². The van der Waals surface area contributed by atoms with Crippen molar-refractivity contribution < 1.29 is 23.8 Å². The number of carboxylic acids is 1. The molecule has 1 amide bonds. The van der Waals surface area contributed by atoms with Crippen molar-refractivity contribution in [3.8, 4) is 0 Å². The number of rotatable bonds is 5. The van der Waals surface area contributed by atoms with Crippen LogP contribution in [0.5, 0.6) is 0 Å². The molecule has 1 saturated heterocycles. The Morgan fingerprint density at radius 2 is 2.30 bits per heavy atom. The summed E-state index contributed by atoms with van der Waals surface area (Å²) in [6.45, 7) is 2.97. The fourth-order valence-electron chi connectivity index (χ4n) is 1.98. The molecule has 0 aliphatic carbocycles. The minimum atomic E-state index is -0.918. The van der Waals surface area contributed by atoms with Gasteiger partial charge in [-0.15, -0.1) is 5.10 Å². The third-order valence-electron chi connectivity index (χ3n) is 2.88. The number of anilines is 1. The smallest absolute Gasteiger partial charge is 0.322 e. The summed E-state index contributed by atoms with van der Waals surface area (Å²) < 4.78 is 10.3. The molecule has 1 fully saturated rings. The monoisotopic (exact) mass is 284 g/mol. The number of carboxylic acid groups (broad SMARTS) is 1. The third-order valence-corrected chi connectivity index (χ3v) is 2.88. The molecule has 1 unspecified atom stereocenters. The molecule has 0 radical (unpaired) electrons. The molecule has 1 aliphatic rings. The Labute approximate surface area is 114 Å². The molecule has 1 atom stereocenters. The van der Waals surface area contributed by atoms with Crippen LogP contribution in [0.2, 0.25) is 0 Å². The van der Waals surface area contributed by atoms with E-state index < -0.39 is 5.97 Å². The minimum Gasteiger partial charge on any atom is -0.481 e. The standard InChI is InChI=1S/C11H16N4O5/c1-7-13-14-11(20-7)12-9(16)5-15-2-3-19-6-8(15)4-10(17)18/h8H,2-6H2,1H3,(H,17,18)(H,12,14,16). The molecular weight excluding hydrogens is 268 g/mol. The van der Waals surface area contributed by atoms with Crippen molar-refractivity contribution in [1.29, 1.82) is 0 Å². The SMILES string of the molecule is Cc1nnc(NC(=O)CN2CCOCC2CC(=O)O)o1. The van der Waals surface area contributed by atoms with Crippen LogP contribution in [-0.4, -0.2) is 64.4 Å². The molecular formula is C11H16N4O5. The number of nitrogens with one attached hydrogen (secondary N) is 1. The van der Waals surface area contributed by atoms with Gasteiger partial charge in [-0.1, -0.05) is 5.10 Å². The highest BCUT2D eigenvalue weighted by Gasteiger charge is 2.27. The number of hydrogen-bond acceptors (Lipinski definition) is 7. The van der Waals surface area contributed by atoms with E-state index in [9.17, 15) is 9.59 Å². The second kappa shape index (κ2) is 6.44. The van der Waals surface area contributed by atoms with E-state index in [-0.39, 0.29) is 30.9 Å². The number of aliphatic carboxylic acids is 1. The summed E-state index contributed by atoms with van der Waals surface area (Å²) in [7, 11) is 0. The number of aryl methyl sites for hydroxylation is 1. The molecule has 0 spiro atoms. The lowest BCUT2D eigenvalue weighted by Crippen LogP contribution is -2.49. The zero-order valence-corrected chi connectivity index (χ0v) is 11.0. The van der Waals surface area contributed by atoms with E-state index in [0.717, 1.165) is 0 Å². The predicted octanol–water partition coefficient (Wildman–Crippen LogP) is -0.508. The fraction of sp³-hybridized carbons (Fsp3) is 0.636. The van der Waals surface area contributed by atoms with E-state index in [4.69, 9.17) is 14.3 Å². The Morgan fingerprint density at radius 1 is 1.50 bits per heavy atom. The number of amides is 1. The van der Waals surface area contributed by atoms with Crippen molar-refractivity contribution >= 4 is 17.9 Å². The van der Waals surface area contributed by atoms with E-state index >= 15 is 0 Å². The Morgan fingerprint density at radius 3 is 2.95 bits per heavy atom. The number of carbonyl (C=O) groups is 2. The second-order valence-corrected chi connectivity index (χ2v) is 4.47. The van der Waals surface area contributed by atoms with Crippen LogP contribution in [0.3, 0.4) is 0 Å². The van der Waals surface area contributed by atoms with Crippen LogP contribution < -0.4 is 5.32 Å². The molecule has 2 N–H and O–H groups in total. The van der Waals surface area contributed by atoms with Gasteiger partial charge in [0.15, 0.2) is 0 Å². The molecule has 0 aromatic carbocycles. The summed E-state index contributed by atoms with van der Waals surface area (Å²) >= 11 is 0. The molecule has 1 aromatic rings. The maximum atomic E-state index is 11.9. The van der Waals surface area contributed by atoms with Crippen molar-refractivity contribution in [2.24, 2.45) is 0 Å². The van der Waals surface area contributed by atoms with Gasteiger partial charge in [-0.3, -0.25) is 19.8 Å². The van der Waals surface area contributed by atoms with Gasteiger partial charge < -0.3 is 14.3 Å². The Bertz CT molecular complexity index is 489. The molecule has 1 aliphatic heterocycles. The average Bonchev–Trinajstić information content (AvgIpc) is 2.76. The number of morpholine rings is 1. The molecule has 0 bridgehead atoms. The Hall–Kier alpha value is -2.00. The molecule has 2 rings (SSSR count). The molecule has 1 aromatic heterocycles. The van der Waals surface area contributed by atoms with Crippen molar-refractivity contribution in [1.82, 2.24) is 15.1 Å². The minimum absolute atomic E-state index is 0.0375. The first-order chi connectivity index (χ1) is 9.54. The Kier molecular flexibility index (Phi) is 4.64. The fourth-order valence-corrected chi connectivity index (χ4v) is 1.98. The largest absolute Gasteiger partial charge is 0.481 e. The molecule has 20 heavy (non-hydrogen) atoms. The topological polar surface area (TPSA) is 118 Å². The van der Waals surface area contributed by atoms with Gasteiger partial charge in [0.05, 0.1) is 26.2 Å². The first-order valence-electron chi connectivity index (χ1n) is 6.18. The molecule has 9 heteroatoms. The number of nitrogens with zero attached hydrogens (tertiary/aromatic N) is 3. The van der Waals surface area contributed by atoms with Gasteiger partial charge in [-0.25, -0.2) is 0 Å². The zero-order valence-electron chi connectivity index (χ0n) is 11.0. The van der Waals surface area contributed by atoms with Crippen LogP contribution in [0.15, 0.2) is 4.42 Å². The van der Waals surface area contributed by atoms with Crippen molar-refractivity contribution in [3.63, 3.8) is 0 Å². The maximum Gasteiger partial charge on any atom is 0.322 e. The van der Waals surface area contributed by atoms with E-state index in [1.54, 1.807) is 11.8 Å². The Balaban J connectivity index is 1.89. The summed E-state index contributed by atoms with van der Waals surface area (Å²) in [5.41, 5.74) is 0. The van der Waals surface area contributed by atoms with Crippen molar-refractivity contribution in [2.45, 2.75) is 19.4 Å². The van der Waals surface area contributed by atoms with E-state index in [1.165, 1.54) is 0 Å². The van der Waals surface area contributed by atoms with Gasteiger partial charge in [-0.2, -0.15) is 0 Å². The first-order valence-corrected chi connectivity index (χ1v) is 6.18. The highest BCUT2D eigenvalue weighted by Crippen LogP contribution is 2.11. The summed E-state index contributed by atoms with van der Waals surface area (Å²) in [6.07, 6.45) is -0.0626. The number of aromatic nitrogens is 2. The van der Waals surface area contributed by atoms with Crippen LogP contribution in [-0.2, 0) is 14.3 Å². The predicted molar refractivity (Wildman–Crippen MR) is 66.1 cm³/mol. The van der Waals surface area contributed by atoms with Gasteiger partial charge in [0.1, 0.15) is 0 Å². The third kappa shape index (κ3) is 4.00. The number of carbonyl (C=O) groups excluding carboxylic acids is 1.